The molecule has 0 heterocycles. The van der Waals surface area contributed by atoms with E-state index in [-0.39, 0.29) is 16.7 Å². The second kappa shape index (κ2) is 8.80. The van der Waals surface area contributed by atoms with Crippen LogP contribution >= 0.6 is 11.9 Å². The number of alkyl halides is 3. The fourth-order valence-corrected chi connectivity index (χ4v) is 3.62. The lowest BCUT2D eigenvalue weighted by molar-refractivity contribution is -0.106. The minimum Gasteiger partial charge on any atom is -0.388 e. The second-order valence-corrected chi connectivity index (χ2v) is 9.01. The van der Waals surface area contributed by atoms with Crippen LogP contribution in [0, 0.1) is 0 Å². The summed E-state index contributed by atoms with van der Waals surface area (Å²) in [5.41, 5.74) is -4.76. The number of halogens is 3. The van der Waals surface area contributed by atoms with Gasteiger partial charge in [-0.25, -0.2) is 0 Å². The first kappa shape index (κ1) is 23.3. The van der Waals surface area contributed by atoms with Gasteiger partial charge >= 0.3 is 15.6 Å². The van der Waals surface area contributed by atoms with Gasteiger partial charge in [-0.3, -0.25) is 4.72 Å². The maximum atomic E-state index is 12.7. The van der Waals surface area contributed by atoms with E-state index in [9.17, 15) is 21.6 Å². The van der Waals surface area contributed by atoms with Gasteiger partial charge in [0, 0.05) is 28.6 Å². The van der Waals surface area contributed by atoms with Gasteiger partial charge < -0.3 is 14.3 Å². The molecule has 1 aliphatic rings. The van der Waals surface area contributed by atoms with E-state index in [0.717, 1.165) is 24.8 Å². The largest absolute Gasteiger partial charge is 0.534 e. The number of carbonyl (C=O) groups is 1. The number of fused-ring (bicyclic) bond motifs is 1. The highest BCUT2D eigenvalue weighted by atomic mass is 32.2. The van der Waals surface area contributed by atoms with Crippen molar-refractivity contribution in [3.8, 4) is 5.75 Å². The molecule has 11 heteroatoms. The van der Waals surface area contributed by atoms with E-state index >= 15 is 0 Å². The summed E-state index contributed by atoms with van der Waals surface area (Å²) in [6.07, 6.45) is 2.76. The van der Waals surface area contributed by atoms with E-state index in [2.05, 4.69) is 14.2 Å². The predicted octanol–water partition coefficient (Wildman–Crippen LogP) is 4.46. The SMILES string of the molecule is CC=O.CNc1ccc2c(OS(=O)(=O)C(F)(F)F)cc(SNC3(C)CC3)cc2c1. The van der Waals surface area contributed by atoms with Crippen molar-refractivity contribution in [1.29, 1.82) is 0 Å². The minimum atomic E-state index is -5.75. The van der Waals surface area contributed by atoms with E-state index in [1.54, 1.807) is 25.2 Å². The third kappa shape index (κ3) is 6.00. The summed E-state index contributed by atoms with van der Waals surface area (Å²) in [4.78, 5) is 9.37. The quantitative estimate of drug-likeness (QED) is 0.291. The molecular formula is C18H21F3N2O4S2. The monoisotopic (exact) mass is 450 g/mol. The van der Waals surface area contributed by atoms with Crippen molar-refractivity contribution >= 4 is 44.8 Å². The molecule has 2 N–H and O–H groups in total. The standard InChI is InChI=1S/C16H17F3N2O3S2.C2H4O/c1-15(5-6-15)21-25-12-8-10-7-11(20-2)3-4-13(10)14(9-12)24-26(22,23)16(17,18)19;1-2-3/h3-4,7-9,20-21H,5-6H2,1-2H3;2H,1H3. The summed E-state index contributed by atoms with van der Waals surface area (Å²) >= 11 is 1.24. The maximum absolute atomic E-state index is 12.7. The number of hydrogen-bond donors (Lipinski definition) is 2. The molecule has 2 aromatic rings. The van der Waals surface area contributed by atoms with Gasteiger partial charge in [0.05, 0.1) is 0 Å². The summed E-state index contributed by atoms with van der Waals surface area (Å²) in [6, 6.07) is 7.93. The molecule has 3 rings (SSSR count). The van der Waals surface area contributed by atoms with Crippen LogP contribution in [-0.2, 0) is 14.9 Å². The summed E-state index contributed by atoms with van der Waals surface area (Å²) in [5, 5.41) is 3.78. The van der Waals surface area contributed by atoms with Gasteiger partial charge in [0.2, 0.25) is 0 Å². The van der Waals surface area contributed by atoms with Crippen LogP contribution in [0.2, 0.25) is 0 Å². The first-order valence-electron chi connectivity index (χ1n) is 8.55. The van der Waals surface area contributed by atoms with Crippen molar-refractivity contribution in [1.82, 2.24) is 4.72 Å². The van der Waals surface area contributed by atoms with E-state index < -0.39 is 15.6 Å². The smallest absolute Gasteiger partial charge is 0.388 e. The predicted molar refractivity (Wildman–Crippen MR) is 107 cm³/mol. The van der Waals surface area contributed by atoms with Crippen LogP contribution in [0.25, 0.3) is 10.8 Å². The Balaban J connectivity index is 0.000000941. The van der Waals surface area contributed by atoms with Gasteiger partial charge in [-0.15, -0.1) is 0 Å². The molecule has 1 aliphatic carbocycles. The Bertz CT molecular complexity index is 990. The third-order valence-corrected chi connectivity index (χ3v) is 6.11. The average Bonchev–Trinajstić information content (AvgIpc) is 3.37. The molecular weight excluding hydrogens is 429 g/mol. The van der Waals surface area contributed by atoms with E-state index in [4.69, 9.17) is 4.79 Å². The molecule has 0 amide bonds. The molecule has 1 saturated carbocycles. The number of carbonyl (C=O) groups excluding carboxylic acids is 1. The topological polar surface area (TPSA) is 84.5 Å². The molecule has 0 atom stereocenters. The lowest BCUT2D eigenvalue weighted by Crippen LogP contribution is -2.28. The Labute approximate surface area is 171 Å². The van der Waals surface area contributed by atoms with Crippen LogP contribution in [0.15, 0.2) is 35.2 Å². The molecule has 0 saturated heterocycles. The van der Waals surface area contributed by atoms with Crippen molar-refractivity contribution in [2.45, 2.75) is 42.6 Å². The van der Waals surface area contributed by atoms with Gasteiger partial charge in [0.1, 0.15) is 6.29 Å². The zero-order chi connectivity index (χ0) is 21.9. The fraction of sp³-hybridized carbons (Fsp3) is 0.389. The number of rotatable bonds is 6. The minimum absolute atomic E-state index is 0.00842. The van der Waals surface area contributed by atoms with E-state index in [1.165, 1.54) is 31.0 Å². The van der Waals surface area contributed by atoms with Gasteiger partial charge in [0.15, 0.2) is 5.75 Å². The molecule has 0 aromatic heterocycles. The van der Waals surface area contributed by atoms with Crippen molar-refractivity contribution in [3.05, 3.63) is 30.3 Å². The van der Waals surface area contributed by atoms with Gasteiger partial charge in [0.25, 0.3) is 0 Å². The highest BCUT2D eigenvalue weighted by Gasteiger charge is 2.48. The highest BCUT2D eigenvalue weighted by molar-refractivity contribution is 7.97. The number of aldehydes is 1. The third-order valence-electron chi connectivity index (χ3n) is 4.08. The zero-order valence-corrected chi connectivity index (χ0v) is 17.6. The molecule has 6 nitrogen and oxygen atoms in total. The summed E-state index contributed by atoms with van der Waals surface area (Å²) in [7, 11) is -4.04. The Morgan fingerprint density at radius 3 is 2.34 bits per heavy atom. The van der Waals surface area contributed by atoms with E-state index in [1.807, 2.05) is 6.92 Å². The van der Waals surface area contributed by atoms with Crippen LogP contribution in [0.5, 0.6) is 5.75 Å². The van der Waals surface area contributed by atoms with Gasteiger partial charge in [-0.05, 0) is 74.4 Å². The summed E-state index contributed by atoms with van der Waals surface area (Å²) in [6.45, 7) is 3.48. The molecule has 1 fully saturated rings. The van der Waals surface area contributed by atoms with Gasteiger partial charge in [-0.1, -0.05) is 0 Å². The lowest BCUT2D eigenvalue weighted by atomic mass is 10.1. The fourth-order valence-electron chi connectivity index (χ4n) is 2.23. The molecule has 0 bridgehead atoms. The van der Waals surface area contributed by atoms with Crippen LogP contribution < -0.4 is 14.2 Å². The number of hydrogen-bond acceptors (Lipinski definition) is 7. The first-order chi connectivity index (χ1) is 13.4. The molecule has 0 unspecified atom stereocenters. The Morgan fingerprint density at radius 1 is 1.21 bits per heavy atom. The summed E-state index contributed by atoms with van der Waals surface area (Å²) in [5.74, 6) is -0.354. The molecule has 0 spiro atoms. The van der Waals surface area contributed by atoms with Gasteiger partial charge in [-0.2, -0.15) is 21.6 Å². The van der Waals surface area contributed by atoms with Crippen LogP contribution in [0.4, 0.5) is 18.9 Å². The van der Waals surface area contributed by atoms with E-state index in [0.29, 0.717) is 10.3 Å². The number of benzene rings is 2. The average molecular weight is 451 g/mol. The zero-order valence-electron chi connectivity index (χ0n) is 16.0. The molecule has 2 aromatic carbocycles. The molecule has 0 radical (unpaired) electrons. The van der Waals surface area contributed by atoms with Crippen molar-refractivity contribution in [3.63, 3.8) is 0 Å². The molecule has 0 aliphatic heterocycles. The van der Waals surface area contributed by atoms with Crippen molar-refractivity contribution in [2.24, 2.45) is 0 Å². The van der Waals surface area contributed by atoms with Crippen LogP contribution in [-0.4, -0.2) is 32.8 Å². The Morgan fingerprint density at radius 2 is 1.83 bits per heavy atom. The highest BCUT2D eigenvalue weighted by Crippen LogP contribution is 2.40. The second-order valence-electron chi connectivity index (χ2n) is 6.59. The number of anilines is 1. The molecule has 160 valence electrons. The summed E-state index contributed by atoms with van der Waals surface area (Å²) < 4.78 is 68.7. The first-order valence-corrected chi connectivity index (χ1v) is 10.8. The van der Waals surface area contributed by atoms with Crippen LogP contribution in [0.3, 0.4) is 0 Å². The molecule has 29 heavy (non-hydrogen) atoms. The number of nitrogens with one attached hydrogen (secondary N) is 2. The maximum Gasteiger partial charge on any atom is 0.534 e. The van der Waals surface area contributed by atoms with Crippen molar-refractivity contribution in [2.75, 3.05) is 12.4 Å². The van der Waals surface area contributed by atoms with Crippen molar-refractivity contribution < 1.29 is 30.6 Å². The van der Waals surface area contributed by atoms with Crippen LogP contribution in [0.1, 0.15) is 26.7 Å². The Hall–Kier alpha value is -1.98. The Kier molecular flexibility index (Phi) is 7.07. The lowest BCUT2D eigenvalue weighted by Gasteiger charge is -2.15. The normalized spacial score (nSPS) is 15.2.